The Kier molecular flexibility index (Phi) is 3.89. The van der Waals surface area contributed by atoms with Gasteiger partial charge in [0.1, 0.15) is 17.3 Å². The first-order valence-electron chi connectivity index (χ1n) is 5.82. The van der Waals surface area contributed by atoms with Crippen molar-refractivity contribution in [2.45, 2.75) is 20.5 Å². The van der Waals surface area contributed by atoms with Gasteiger partial charge in [0.05, 0.1) is 12.3 Å². The number of halogens is 1. The van der Waals surface area contributed by atoms with Crippen LogP contribution in [0.4, 0.5) is 0 Å². The van der Waals surface area contributed by atoms with E-state index in [9.17, 15) is 0 Å². The summed E-state index contributed by atoms with van der Waals surface area (Å²) in [6.07, 6.45) is 0. The number of benzene rings is 1. The second kappa shape index (κ2) is 5.43. The first-order valence-corrected chi connectivity index (χ1v) is 6.19. The smallest absolute Gasteiger partial charge is 0.151 e. The lowest BCUT2D eigenvalue weighted by atomic mass is 10.1. The molecule has 1 aromatic carbocycles. The Morgan fingerprint density at radius 2 is 1.95 bits per heavy atom. The fourth-order valence-corrected chi connectivity index (χ4v) is 2.32. The molecule has 1 heterocycles. The van der Waals surface area contributed by atoms with Crippen LogP contribution in [0.15, 0.2) is 18.2 Å². The number of nitrogens with zero attached hydrogens (tertiary/aromatic N) is 3. The summed E-state index contributed by atoms with van der Waals surface area (Å²) >= 11 is 6.23. The standard InChI is InChI=1S/C14H14ClN3O/c1-9-4-10(2)6-11(5-9)18-14(15)12(7-16)13(17-18)8-19-3/h4-6H,8H2,1-3H3. The summed E-state index contributed by atoms with van der Waals surface area (Å²) < 4.78 is 6.61. The second-order valence-corrected chi connectivity index (χ2v) is 4.77. The Hall–Kier alpha value is -1.83. The molecule has 0 aliphatic heterocycles. The first-order chi connectivity index (χ1) is 9.06. The third-order valence-corrected chi connectivity index (χ3v) is 3.09. The summed E-state index contributed by atoms with van der Waals surface area (Å²) in [7, 11) is 1.56. The highest BCUT2D eigenvalue weighted by Crippen LogP contribution is 2.24. The molecule has 5 heteroatoms. The van der Waals surface area contributed by atoms with Crippen LogP contribution in [-0.2, 0) is 11.3 Å². The lowest BCUT2D eigenvalue weighted by Crippen LogP contribution is -1.99. The van der Waals surface area contributed by atoms with Gasteiger partial charge >= 0.3 is 0 Å². The van der Waals surface area contributed by atoms with Crippen molar-refractivity contribution in [3.63, 3.8) is 0 Å². The first kappa shape index (κ1) is 13.6. The van der Waals surface area contributed by atoms with Crippen molar-refractivity contribution in [3.8, 4) is 11.8 Å². The summed E-state index contributed by atoms with van der Waals surface area (Å²) in [5, 5.41) is 13.8. The number of methoxy groups -OCH3 is 1. The fourth-order valence-electron chi connectivity index (χ4n) is 2.03. The monoisotopic (exact) mass is 275 g/mol. The predicted molar refractivity (Wildman–Crippen MR) is 73.5 cm³/mol. The fraction of sp³-hybridized carbons (Fsp3) is 0.286. The van der Waals surface area contributed by atoms with E-state index < -0.39 is 0 Å². The Labute approximate surface area is 117 Å². The minimum Gasteiger partial charge on any atom is -0.378 e. The third-order valence-electron chi connectivity index (χ3n) is 2.75. The largest absolute Gasteiger partial charge is 0.378 e. The number of aromatic nitrogens is 2. The van der Waals surface area contributed by atoms with Crippen LogP contribution in [0.1, 0.15) is 22.4 Å². The highest BCUT2D eigenvalue weighted by Gasteiger charge is 2.17. The van der Waals surface area contributed by atoms with Gasteiger partial charge in [0.25, 0.3) is 0 Å². The Bertz CT molecular complexity index is 635. The Morgan fingerprint density at radius 3 is 2.47 bits per heavy atom. The van der Waals surface area contributed by atoms with Gasteiger partial charge in [-0.15, -0.1) is 0 Å². The van der Waals surface area contributed by atoms with Gasteiger partial charge < -0.3 is 4.74 Å². The molecule has 1 aromatic heterocycles. The summed E-state index contributed by atoms with van der Waals surface area (Å²) in [4.78, 5) is 0. The quantitative estimate of drug-likeness (QED) is 0.864. The minimum atomic E-state index is 0.264. The van der Waals surface area contributed by atoms with E-state index in [4.69, 9.17) is 21.6 Å². The van der Waals surface area contributed by atoms with Crippen molar-refractivity contribution in [3.05, 3.63) is 45.7 Å². The van der Waals surface area contributed by atoms with Crippen LogP contribution in [0.5, 0.6) is 0 Å². The number of ether oxygens (including phenoxy) is 1. The van der Waals surface area contributed by atoms with E-state index >= 15 is 0 Å². The topological polar surface area (TPSA) is 50.8 Å². The highest BCUT2D eigenvalue weighted by atomic mass is 35.5. The number of rotatable bonds is 3. The molecule has 0 aliphatic rings. The van der Waals surface area contributed by atoms with Crippen molar-refractivity contribution in [1.82, 2.24) is 9.78 Å². The van der Waals surface area contributed by atoms with Gasteiger partial charge in [0, 0.05) is 7.11 Å². The number of aryl methyl sites for hydroxylation is 2. The molecule has 0 bridgehead atoms. The van der Waals surface area contributed by atoms with E-state index in [1.54, 1.807) is 11.8 Å². The van der Waals surface area contributed by atoms with Gasteiger partial charge in [-0.2, -0.15) is 10.4 Å². The number of nitriles is 1. The highest BCUT2D eigenvalue weighted by molar-refractivity contribution is 6.31. The van der Waals surface area contributed by atoms with E-state index in [0.29, 0.717) is 16.4 Å². The molecule has 0 amide bonds. The van der Waals surface area contributed by atoms with Crippen molar-refractivity contribution < 1.29 is 4.74 Å². The maximum absolute atomic E-state index is 9.15. The van der Waals surface area contributed by atoms with Gasteiger partial charge in [0.2, 0.25) is 0 Å². The summed E-state index contributed by atoms with van der Waals surface area (Å²) in [6.45, 7) is 4.28. The molecule has 0 aliphatic carbocycles. The molecular weight excluding hydrogens is 262 g/mol. The van der Waals surface area contributed by atoms with Crippen molar-refractivity contribution in [1.29, 1.82) is 5.26 Å². The van der Waals surface area contributed by atoms with Crippen LogP contribution in [0.3, 0.4) is 0 Å². The molecule has 0 saturated heterocycles. The third kappa shape index (κ3) is 2.62. The van der Waals surface area contributed by atoms with E-state index in [2.05, 4.69) is 17.2 Å². The van der Waals surface area contributed by atoms with Crippen LogP contribution in [-0.4, -0.2) is 16.9 Å². The molecule has 2 aromatic rings. The lowest BCUT2D eigenvalue weighted by molar-refractivity contribution is 0.181. The molecule has 0 N–H and O–H groups in total. The van der Waals surface area contributed by atoms with Crippen LogP contribution < -0.4 is 0 Å². The van der Waals surface area contributed by atoms with Crippen molar-refractivity contribution in [2.75, 3.05) is 7.11 Å². The van der Waals surface area contributed by atoms with Gasteiger partial charge in [-0.3, -0.25) is 0 Å². The zero-order chi connectivity index (χ0) is 14.0. The second-order valence-electron chi connectivity index (χ2n) is 4.42. The van der Waals surface area contributed by atoms with Gasteiger partial charge in [-0.25, -0.2) is 4.68 Å². The average molecular weight is 276 g/mol. The number of hydrogen-bond acceptors (Lipinski definition) is 3. The van der Waals surface area contributed by atoms with Crippen LogP contribution in [0.25, 0.3) is 5.69 Å². The van der Waals surface area contributed by atoms with Crippen molar-refractivity contribution >= 4 is 11.6 Å². The molecule has 0 saturated carbocycles. The molecule has 0 radical (unpaired) electrons. The SMILES string of the molecule is COCc1nn(-c2cc(C)cc(C)c2)c(Cl)c1C#N. The number of hydrogen-bond donors (Lipinski definition) is 0. The van der Waals surface area contributed by atoms with E-state index in [0.717, 1.165) is 16.8 Å². The molecule has 0 spiro atoms. The maximum atomic E-state index is 9.15. The van der Waals surface area contributed by atoms with Gasteiger partial charge in [-0.05, 0) is 37.1 Å². The summed E-state index contributed by atoms with van der Waals surface area (Å²) in [5.41, 5.74) is 4.00. The maximum Gasteiger partial charge on any atom is 0.151 e. The van der Waals surface area contributed by atoms with E-state index in [1.807, 2.05) is 26.0 Å². The van der Waals surface area contributed by atoms with Crippen LogP contribution >= 0.6 is 11.6 Å². The molecule has 0 fully saturated rings. The van der Waals surface area contributed by atoms with Crippen molar-refractivity contribution in [2.24, 2.45) is 0 Å². The van der Waals surface area contributed by atoms with Gasteiger partial charge in [-0.1, -0.05) is 17.7 Å². The van der Waals surface area contributed by atoms with E-state index in [-0.39, 0.29) is 6.61 Å². The van der Waals surface area contributed by atoms with Crippen LogP contribution in [0.2, 0.25) is 5.15 Å². The summed E-state index contributed by atoms with van der Waals surface area (Å²) in [6, 6.07) is 8.10. The lowest BCUT2D eigenvalue weighted by Gasteiger charge is -2.06. The Morgan fingerprint density at radius 1 is 1.32 bits per heavy atom. The predicted octanol–water partition coefficient (Wildman–Crippen LogP) is 3.16. The Balaban J connectivity index is 2.59. The molecule has 2 rings (SSSR count). The van der Waals surface area contributed by atoms with E-state index in [1.165, 1.54) is 0 Å². The summed E-state index contributed by atoms with van der Waals surface area (Å²) in [5.74, 6) is 0. The van der Waals surface area contributed by atoms with Gasteiger partial charge in [0.15, 0.2) is 5.15 Å². The molecule has 0 atom stereocenters. The zero-order valence-electron chi connectivity index (χ0n) is 11.1. The zero-order valence-corrected chi connectivity index (χ0v) is 11.8. The molecule has 4 nitrogen and oxygen atoms in total. The molecule has 98 valence electrons. The molecule has 0 unspecified atom stereocenters. The average Bonchev–Trinajstić information content (AvgIpc) is 2.65. The normalized spacial score (nSPS) is 10.5. The molecule has 19 heavy (non-hydrogen) atoms. The van der Waals surface area contributed by atoms with Crippen LogP contribution in [0, 0.1) is 25.2 Å². The molecular formula is C14H14ClN3O. The minimum absolute atomic E-state index is 0.264.